The van der Waals surface area contributed by atoms with Crippen LogP contribution in [0.1, 0.15) is 0 Å². The van der Waals surface area contributed by atoms with Crippen LogP contribution in [0.15, 0.2) is 35.5 Å². The van der Waals surface area contributed by atoms with Crippen LogP contribution in [-0.4, -0.2) is 18.2 Å². The molecule has 0 saturated carbocycles. The molecule has 17 heavy (non-hydrogen) atoms. The van der Waals surface area contributed by atoms with Gasteiger partial charge in [0, 0.05) is 6.07 Å². The first-order chi connectivity index (χ1) is 7.89. The summed E-state index contributed by atoms with van der Waals surface area (Å²) in [5.41, 5.74) is -0.320. The predicted molar refractivity (Wildman–Crippen MR) is 54.9 cm³/mol. The molecule has 0 amide bonds. The van der Waals surface area contributed by atoms with Gasteiger partial charge in [0.25, 0.3) is 10.0 Å². The van der Waals surface area contributed by atoms with Crippen molar-refractivity contribution in [2.24, 2.45) is 5.14 Å². The van der Waals surface area contributed by atoms with Gasteiger partial charge < -0.3 is 0 Å². The molecule has 5 nitrogen and oxygen atoms in total. The maximum Gasteiger partial charge on any atom is 0.255 e. The van der Waals surface area contributed by atoms with E-state index in [0.29, 0.717) is 0 Å². The summed E-state index contributed by atoms with van der Waals surface area (Å²) in [5, 5.41) is 8.11. The first-order valence-electron chi connectivity index (χ1n) is 4.42. The van der Waals surface area contributed by atoms with Crippen LogP contribution in [0.2, 0.25) is 0 Å². The van der Waals surface area contributed by atoms with Crippen LogP contribution in [0, 0.1) is 11.6 Å². The standard InChI is InChI=1S/C9H7F2N3O2S/c10-6-1-2-7(11)8(5-6)14-9(3-4-13-14)17(12,15)16/h1-5H,(H2,12,15,16). The van der Waals surface area contributed by atoms with E-state index in [0.717, 1.165) is 35.1 Å². The molecule has 1 heterocycles. The fourth-order valence-electron chi connectivity index (χ4n) is 1.34. The third-order valence-corrected chi connectivity index (χ3v) is 2.93. The maximum atomic E-state index is 13.4. The third kappa shape index (κ3) is 2.17. The number of rotatable bonds is 2. The molecule has 8 heteroatoms. The molecule has 0 aliphatic heterocycles. The van der Waals surface area contributed by atoms with Gasteiger partial charge in [0.05, 0.1) is 6.20 Å². The molecule has 0 unspecified atom stereocenters. The second-order valence-corrected chi connectivity index (χ2v) is 4.73. The number of primary sulfonamides is 1. The van der Waals surface area contributed by atoms with Crippen molar-refractivity contribution in [2.75, 3.05) is 0 Å². The second-order valence-electron chi connectivity index (χ2n) is 3.22. The van der Waals surface area contributed by atoms with Crippen LogP contribution in [-0.2, 0) is 10.0 Å². The van der Waals surface area contributed by atoms with Gasteiger partial charge in [-0.2, -0.15) is 5.10 Å². The Labute approximate surface area is 95.5 Å². The summed E-state index contributed by atoms with van der Waals surface area (Å²) in [6.07, 6.45) is 1.13. The monoisotopic (exact) mass is 259 g/mol. The van der Waals surface area contributed by atoms with Gasteiger partial charge >= 0.3 is 0 Å². The first-order valence-corrected chi connectivity index (χ1v) is 5.96. The second kappa shape index (κ2) is 3.90. The molecule has 0 atom stereocenters. The lowest BCUT2D eigenvalue weighted by molar-refractivity contribution is 0.568. The van der Waals surface area contributed by atoms with Crippen molar-refractivity contribution in [3.63, 3.8) is 0 Å². The molecular formula is C9H7F2N3O2S. The molecule has 0 aliphatic carbocycles. The SMILES string of the molecule is NS(=O)(=O)c1ccnn1-c1cc(F)ccc1F. The Bertz CT molecular complexity index is 667. The largest absolute Gasteiger partial charge is 0.255 e. The molecule has 90 valence electrons. The highest BCUT2D eigenvalue weighted by atomic mass is 32.2. The average molecular weight is 259 g/mol. The molecule has 0 saturated heterocycles. The molecule has 0 fully saturated rings. The molecule has 0 radical (unpaired) electrons. The Hall–Kier alpha value is -1.80. The van der Waals surface area contributed by atoms with Crippen molar-refractivity contribution in [1.82, 2.24) is 9.78 Å². The van der Waals surface area contributed by atoms with Crippen molar-refractivity contribution < 1.29 is 17.2 Å². The third-order valence-electron chi connectivity index (χ3n) is 2.04. The zero-order valence-electron chi connectivity index (χ0n) is 8.34. The van der Waals surface area contributed by atoms with E-state index in [1.807, 2.05) is 0 Å². The fraction of sp³-hybridized carbons (Fsp3) is 0. The Morgan fingerprint density at radius 1 is 1.24 bits per heavy atom. The van der Waals surface area contributed by atoms with E-state index >= 15 is 0 Å². The number of hydrogen-bond donors (Lipinski definition) is 1. The van der Waals surface area contributed by atoms with Gasteiger partial charge in [-0.3, -0.25) is 0 Å². The van der Waals surface area contributed by atoms with E-state index in [2.05, 4.69) is 5.10 Å². The van der Waals surface area contributed by atoms with Gasteiger partial charge in [0.15, 0.2) is 5.03 Å². The smallest absolute Gasteiger partial charge is 0.223 e. The molecule has 1 aromatic carbocycles. The van der Waals surface area contributed by atoms with Gasteiger partial charge in [-0.05, 0) is 18.2 Å². The minimum atomic E-state index is -4.06. The summed E-state index contributed by atoms with van der Waals surface area (Å²) in [5.74, 6) is -1.52. The van der Waals surface area contributed by atoms with Gasteiger partial charge in [-0.1, -0.05) is 0 Å². The summed E-state index contributed by atoms with van der Waals surface area (Å²) in [6.45, 7) is 0. The Balaban J connectivity index is 2.70. The quantitative estimate of drug-likeness (QED) is 0.866. The Morgan fingerprint density at radius 2 is 1.94 bits per heavy atom. The van der Waals surface area contributed by atoms with E-state index in [4.69, 9.17) is 5.14 Å². The van der Waals surface area contributed by atoms with Crippen molar-refractivity contribution in [3.8, 4) is 5.69 Å². The van der Waals surface area contributed by atoms with Crippen LogP contribution < -0.4 is 5.14 Å². The molecule has 1 aromatic heterocycles. The summed E-state index contributed by atoms with van der Waals surface area (Å²) in [4.78, 5) is 0. The molecule has 2 aromatic rings. The average Bonchev–Trinajstić information content (AvgIpc) is 2.69. The molecule has 0 bridgehead atoms. The van der Waals surface area contributed by atoms with Gasteiger partial charge in [0.1, 0.15) is 17.3 Å². The maximum absolute atomic E-state index is 13.4. The number of nitrogens with zero attached hydrogens (tertiary/aromatic N) is 2. The number of hydrogen-bond acceptors (Lipinski definition) is 3. The van der Waals surface area contributed by atoms with Crippen molar-refractivity contribution in [3.05, 3.63) is 42.1 Å². The normalized spacial score (nSPS) is 11.7. The highest BCUT2D eigenvalue weighted by Crippen LogP contribution is 2.18. The molecule has 0 spiro atoms. The zero-order chi connectivity index (χ0) is 12.6. The van der Waals surface area contributed by atoms with Crippen molar-refractivity contribution >= 4 is 10.0 Å². The number of nitrogens with two attached hydrogens (primary N) is 1. The van der Waals surface area contributed by atoms with E-state index in [9.17, 15) is 17.2 Å². The lowest BCUT2D eigenvalue weighted by atomic mass is 10.3. The van der Waals surface area contributed by atoms with Gasteiger partial charge in [0.2, 0.25) is 0 Å². The first kappa shape index (κ1) is 11.7. The topological polar surface area (TPSA) is 78.0 Å². The summed E-state index contributed by atoms with van der Waals surface area (Å²) < 4.78 is 49.5. The minimum absolute atomic E-state index is 0.320. The van der Waals surface area contributed by atoms with Gasteiger partial charge in [-0.25, -0.2) is 27.0 Å². The van der Waals surface area contributed by atoms with E-state index in [1.165, 1.54) is 0 Å². The predicted octanol–water partition coefficient (Wildman–Crippen LogP) is 0.798. The van der Waals surface area contributed by atoms with Crippen LogP contribution in [0.25, 0.3) is 5.69 Å². The van der Waals surface area contributed by atoms with Gasteiger partial charge in [-0.15, -0.1) is 0 Å². The summed E-state index contributed by atoms with van der Waals surface area (Å²) in [6, 6.07) is 3.72. The number of halogens is 2. The van der Waals surface area contributed by atoms with Crippen LogP contribution in [0.5, 0.6) is 0 Å². The summed E-state index contributed by atoms with van der Waals surface area (Å²) >= 11 is 0. The van der Waals surface area contributed by atoms with Crippen LogP contribution in [0.4, 0.5) is 8.78 Å². The minimum Gasteiger partial charge on any atom is -0.223 e. The zero-order valence-corrected chi connectivity index (χ0v) is 9.16. The lowest BCUT2D eigenvalue weighted by Crippen LogP contribution is -2.17. The Morgan fingerprint density at radius 3 is 2.59 bits per heavy atom. The number of sulfonamides is 1. The summed E-state index contributed by atoms with van der Waals surface area (Å²) in [7, 11) is -4.06. The molecule has 2 N–H and O–H groups in total. The van der Waals surface area contributed by atoms with Crippen molar-refractivity contribution in [1.29, 1.82) is 0 Å². The highest BCUT2D eigenvalue weighted by Gasteiger charge is 2.18. The number of benzene rings is 1. The van der Waals surface area contributed by atoms with E-state index in [1.54, 1.807) is 0 Å². The van der Waals surface area contributed by atoms with Crippen molar-refractivity contribution in [2.45, 2.75) is 5.03 Å². The van der Waals surface area contributed by atoms with Crippen LogP contribution in [0.3, 0.4) is 0 Å². The molecule has 0 aliphatic rings. The van der Waals surface area contributed by atoms with E-state index < -0.39 is 26.7 Å². The number of aromatic nitrogens is 2. The highest BCUT2D eigenvalue weighted by molar-refractivity contribution is 7.89. The lowest BCUT2D eigenvalue weighted by Gasteiger charge is -2.06. The van der Waals surface area contributed by atoms with Crippen LogP contribution >= 0.6 is 0 Å². The van der Waals surface area contributed by atoms with E-state index in [-0.39, 0.29) is 5.69 Å². The molecule has 2 rings (SSSR count). The Kier molecular flexibility index (Phi) is 2.68. The fourth-order valence-corrected chi connectivity index (χ4v) is 1.97. The molecular weight excluding hydrogens is 252 g/mol.